The number of nitrogens with zero attached hydrogens (tertiary/aromatic N) is 1. The summed E-state index contributed by atoms with van der Waals surface area (Å²) in [6.07, 6.45) is 6.41. The van der Waals surface area contributed by atoms with Crippen molar-refractivity contribution >= 4 is 29.2 Å². The zero-order valence-electron chi connectivity index (χ0n) is 14.8. The van der Waals surface area contributed by atoms with Crippen LogP contribution in [0.15, 0.2) is 53.9 Å². The highest BCUT2D eigenvalue weighted by molar-refractivity contribution is 7.10. The molecule has 0 radical (unpaired) electrons. The number of rotatable bonds is 6. The van der Waals surface area contributed by atoms with Gasteiger partial charge in [-0.2, -0.15) is 0 Å². The Morgan fingerprint density at radius 2 is 1.88 bits per heavy atom. The first-order chi connectivity index (χ1) is 12.7. The van der Waals surface area contributed by atoms with E-state index >= 15 is 0 Å². The number of benzene rings is 1. The summed E-state index contributed by atoms with van der Waals surface area (Å²) in [5.74, 6) is 0.142. The molecule has 1 aromatic heterocycles. The molecule has 1 fully saturated rings. The molecule has 2 aromatic rings. The van der Waals surface area contributed by atoms with E-state index in [1.807, 2.05) is 58.8 Å². The van der Waals surface area contributed by atoms with E-state index in [2.05, 4.69) is 5.32 Å². The lowest BCUT2D eigenvalue weighted by Crippen LogP contribution is -2.46. The van der Waals surface area contributed by atoms with Crippen LogP contribution in [0.3, 0.4) is 0 Å². The zero-order valence-corrected chi connectivity index (χ0v) is 15.6. The summed E-state index contributed by atoms with van der Waals surface area (Å²) in [6.45, 7) is 1.38. The van der Waals surface area contributed by atoms with Gasteiger partial charge >= 0.3 is 0 Å². The third-order valence-electron chi connectivity index (χ3n) is 4.59. The Labute approximate surface area is 158 Å². The molecule has 26 heavy (non-hydrogen) atoms. The smallest absolute Gasteiger partial charge is 0.246 e. The maximum absolute atomic E-state index is 12.2. The number of likely N-dealkylation sites (tertiary alicyclic amines) is 1. The summed E-state index contributed by atoms with van der Waals surface area (Å²) in [4.78, 5) is 27.3. The molecule has 0 saturated carbocycles. The first-order valence-electron chi connectivity index (χ1n) is 9.04. The minimum absolute atomic E-state index is 0.0484. The van der Waals surface area contributed by atoms with Gasteiger partial charge in [-0.25, -0.2) is 0 Å². The quantitative estimate of drug-likeness (QED) is 0.794. The minimum Gasteiger partial charge on any atom is -0.353 e. The van der Waals surface area contributed by atoms with Crippen LogP contribution in [0.25, 0.3) is 6.08 Å². The van der Waals surface area contributed by atoms with Crippen LogP contribution in [0.5, 0.6) is 0 Å². The van der Waals surface area contributed by atoms with Gasteiger partial charge in [-0.05, 0) is 42.3 Å². The van der Waals surface area contributed by atoms with Gasteiger partial charge in [0.2, 0.25) is 11.8 Å². The lowest BCUT2D eigenvalue weighted by Gasteiger charge is -2.31. The second kappa shape index (κ2) is 9.34. The van der Waals surface area contributed by atoms with E-state index in [1.54, 1.807) is 17.4 Å². The van der Waals surface area contributed by atoms with E-state index < -0.39 is 0 Å². The highest BCUT2D eigenvalue weighted by Gasteiger charge is 2.22. The van der Waals surface area contributed by atoms with E-state index in [0.717, 1.165) is 24.1 Å². The lowest BCUT2D eigenvalue weighted by atomic mass is 10.0. The third-order valence-corrected chi connectivity index (χ3v) is 5.43. The van der Waals surface area contributed by atoms with Gasteiger partial charge in [0.1, 0.15) is 0 Å². The molecule has 2 heterocycles. The van der Waals surface area contributed by atoms with Crippen LogP contribution in [0.4, 0.5) is 0 Å². The number of nitrogens with one attached hydrogen (secondary N) is 1. The average Bonchev–Trinajstić information content (AvgIpc) is 3.19. The van der Waals surface area contributed by atoms with Crippen molar-refractivity contribution in [2.75, 3.05) is 13.1 Å². The maximum atomic E-state index is 12.2. The monoisotopic (exact) mass is 368 g/mol. The van der Waals surface area contributed by atoms with Gasteiger partial charge in [0.25, 0.3) is 0 Å². The summed E-state index contributed by atoms with van der Waals surface area (Å²) in [6, 6.07) is 14.2. The van der Waals surface area contributed by atoms with Crippen LogP contribution in [0, 0.1) is 0 Å². The van der Waals surface area contributed by atoms with Gasteiger partial charge in [0, 0.05) is 36.5 Å². The minimum atomic E-state index is 0.0484. The van der Waals surface area contributed by atoms with Gasteiger partial charge < -0.3 is 10.2 Å². The average molecular weight is 369 g/mol. The van der Waals surface area contributed by atoms with Gasteiger partial charge in [0.05, 0.1) is 0 Å². The third kappa shape index (κ3) is 5.56. The number of amides is 2. The number of carbonyl (C=O) groups is 2. The van der Waals surface area contributed by atoms with Crippen molar-refractivity contribution in [2.45, 2.75) is 31.7 Å². The number of carbonyl (C=O) groups excluding carboxylic acids is 2. The lowest BCUT2D eigenvalue weighted by molar-refractivity contribution is -0.127. The Bertz CT molecular complexity index is 733. The van der Waals surface area contributed by atoms with E-state index in [-0.39, 0.29) is 17.9 Å². The van der Waals surface area contributed by atoms with Crippen molar-refractivity contribution in [3.63, 3.8) is 0 Å². The number of thiophene rings is 1. The number of hydrogen-bond donors (Lipinski definition) is 1. The number of aryl methyl sites for hydroxylation is 1. The maximum Gasteiger partial charge on any atom is 0.246 e. The Balaban J connectivity index is 1.38. The predicted molar refractivity (Wildman–Crippen MR) is 106 cm³/mol. The van der Waals surface area contributed by atoms with E-state index in [1.165, 1.54) is 5.56 Å². The number of piperidine rings is 1. The molecule has 5 heteroatoms. The fourth-order valence-electron chi connectivity index (χ4n) is 3.09. The van der Waals surface area contributed by atoms with Crippen molar-refractivity contribution in [1.29, 1.82) is 0 Å². The summed E-state index contributed by atoms with van der Waals surface area (Å²) in [5.41, 5.74) is 1.18. The summed E-state index contributed by atoms with van der Waals surface area (Å²) >= 11 is 1.62. The molecular weight excluding hydrogens is 344 g/mol. The normalized spacial score (nSPS) is 15.3. The first kappa shape index (κ1) is 18.4. The van der Waals surface area contributed by atoms with Crippen LogP contribution in [0.1, 0.15) is 29.7 Å². The van der Waals surface area contributed by atoms with Crippen LogP contribution in [-0.4, -0.2) is 35.8 Å². The van der Waals surface area contributed by atoms with Crippen molar-refractivity contribution in [3.05, 3.63) is 64.4 Å². The van der Waals surface area contributed by atoms with Gasteiger partial charge in [-0.15, -0.1) is 11.3 Å². The van der Waals surface area contributed by atoms with Gasteiger partial charge in [0.15, 0.2) is 0 Å². The second-order valence-electron chi connectivity index (χ2n) is 6.50. The Kier molecular flexibility index (Phi) is 6.61. The molecule has 136 valence electrons. The fourth-order valence-corrected chi connectivity index (χ4v) is 3.71. The van der Waals surface area contributed by atoms with Crippen molar-refractivity contribution < 1.29 is 9.59 Å². The molecular formula is C21H24N2O2S. The number of hydrogen-bond acceptors (Lipinski definition) is 3. The summed E-state index contributed by atoms with van der Waals surface area (Å²) in [5, 5.41) is 5.11. The van der Waals surface area contributed by atoms with Gasteiger partial charge in [-0.1, -0.05) is 36.4 Å². The molecule has 3 rings (SSSR count). The van der Waals surface area contributed by atoms with Crippen LogP contribution in [0.2, 0.25) is 0 Å². The largest absolute Gasteiger partial charge is 0.353 e. The first-order valence-corrected chi connectivity index (χ1v) is 9.92. The highest BCUT2D eigenvalue weighted by Crippen LogP contribution is 2.14. The predicted octanol–water partition coefficient (Wildman–Crippen LogP) is 3.50. The molecule has 0 spiro atoms. The Morgan fingerprint density at radius 1 is 1.12 bits per heavy atom. The van der Waals surface area contributed by atoms with Crippen molar-refractivity contribution in [1.82, 2.24) is 10.2 Å². The zero-order chi connectivity index (χ0) is 18.2. The van der Waals surface area contributed by atoms with E-state index in [0.29, 0.717) is 19.5 Å². The molecule has 0 unspecified atom stereocenters. The molecule has 1 aliphatic rings. The molecule has 1 N–H and O–H groups in total. The van der Waals surface area contributed by atoms with Crippen molar-refractivity contribution in [2.24, 2.45) is 0 Å². The van der Waals surface area contributed by atoms with Crippen LogP contribution < -0.4 is 5.32 Å². The second-order valence-corrected chi connectivity index (χ2v) is 7.48. The molecule has 0 bridgehead atoms. The topological polar surface area (TPSA) is 49.4 Å². The molecule has 0 atom stereocenters. The molecule has 1 aromatic carbocycles. The summed E-state index contributed by atoms with van der Waals surface area (Å²) in [7, 11) is 0. The molecule has 1 aliphatic heterocycles. The molecule has 4 nitrogen and oxygen atoms in total. The van der Waals surface area contributed by atoms with Crippen molar-refractivity contribution in [3.8, 4) is 0 Å². The highest BCUT2D eigenvalue weighted by atomic mass is 32.1. The van der Waals surface area contributed by atoms with Crippen LogP contribution in [-0.2, 0) is 16.0 Å². The summed E-state index contributed by atoms with van der Waals surface area (Å²) < 4.78 is 0. The van der Waals surface area contributed by atoms with E-state index in [9.17, 15) is 9.59 Å². The Hall–Kier alpha value is -2.40. The molecule has 2 amide bonds. The standard InChI is InChI=1S/C21H24N2O2S/c24-20(10-8-17-5-2-1-3-6-17)22-18-12-14-23(15-13-18)21(25)11-9-19-7-4-16-26-19/h1-7,9,11,16,18H,8,10,12-15H2,(H,22,24)/b11-9+. The SMILES string of the molecule is O=C(CCc1ccccc1)NC1CCN(C(=O)/C=C/c2cccs2)CC1. The fraction of sp³-hybridized carbons (Fsp3) is 0.333. The Morgan fingerprint density at radius 3 is 2.58 bits per heavy atom. The van der Waals surface area contributed by atoms with Crippen LogP contribution >= 0.6 is 11.3 Å². The molecule has 0 aliphatic carbocycles. The molecule has 1 saturated heterocycles. The van der Waals surface area contributed by atoms with E-state index in [4.69, 9.17) is 0 Å². The van der Waals surface area contributed by atoms with Gasteiger partial charge in [-0.3, -0.25) is 9.59 Å².